The van der Waals surface area contributed by atoms with Crippen LogP contribution < -0.4 is 10.1 Å². The Morgan fingerprint density at radius 2 is 1.97 bits per heavy atom. The molecule has 2 amide bonds. The number of carbonyl (C=O) groups is 2. The number of alkyl halides is 3. The van der Waals surface area contributed by atoms with E-state index in [2.05, 4.69) is 5.32 Å². The van der Waals surface area contributed by atoms with Gasteiger partial charge in [0.1, 0.15) is 10.1 Å². The van der Waals surface area contributed by atoms with Gasteiger partial charge in [-0.25, -0.2) is 0 Å². The van der Waals surface area contributed by atoms with E-state index in [0.29, 0.717) is 40.1 Å². The summed E-state index contributed by atoms with van der Waals surface area (Å²) in [6, 6.07) is 11.1. The molecule has 34 heavy (non-hydrogen) atoms. The number of hydrogen-bond donors (Lipinski definition) is 1. The van der Waals surface area contributed by atoms with Gasteiger partial charge in [0.25, 0.3) is 11.8 Å². The second-order valence-corrected chi connectivity index (χ2v) is 8.84. The average molecular weight is 511 g/mol. The molecule has 0 bridgehead atoms. The van der Waals surface area contributed by atoms with E-state index in [1.807, 2.05) is 0 Å². The first-order chi connectivity index (χ1) is 16.2. The molecule has 0 atom stereocenters. The number of hydrogen-bond acceptors (Lipinski definition) is 6. The summed E-state index contributed by atoms with van der Waals surface area (Å²) in [4.78, 5) is 26.8. The van der Waals surface area contributed by atoms with Crippen LogP contribution >= 0.6 is 24.0 Å². The van der Waals surface area contributed by atoms with Crippen LogP contribution in [0.15, 0.2) is 53.4 Å². The Morgan fingerprint density at radius 1 is 1.21 bits per heavy atom. The molecule has 2 aromatic carbocycles. The van der Waals surface area contributed by atoms with Crippen molar-refractivity contribution < 1.29 is 32.2 Å². The molecule has 1 fully saturated rings. The zero-order valence-electron chi connectivity index (χ0n) is 18.1. The highest BCUT2D eigenvalue weighted by molar-refractivity contribution is 8.26. The topological polar surface area (TPSA) is 67.9 Å². The Labute approximate surface area is 204 Å². The molecule has 180 valence electrons. The molecule has 2 aromatic rings. The number of benzene rings is 2. The predicted octanol–water partition coefficient (Wildman–Crippen LogP) is 4.96. The summed E-state index contributed by atoms with van der Waals surface area (Å²) in [5, 5.41) is 2.38. The van der Waals surface area contributed by atoms with E-state index in [9.17, 15) is 22.8 Å². The quantitative estimate of drug-likeness (QED) is 0.292. The maximum atomic E-state index is 12.8. The highest BCUT2D eigenvalue weighted by Gasteiger charge is 2.32. The van der Waals surface area contributed by atoms with Gasteiger partial charge in [-0.2, -0.15) is 13.2 Å². The lowest BCUT2D eigenvalue weighted by Gasteiger charge is -2.13. The maximum Gasteiger partial charge on any atom is 0.416 e. The van der Waals surface area contributed by atoms with Crippen LogP contribution in [0.4, 0.5) is 18.9 Å². The highest BCUT2D eigenvalue weighted by Crippen LogP contribution is 2.33. The van der Waals surface area contributed by atoms with Crippen molar-refractivity contribution in [2.75, 3.05) is 32.2 Å². The number of methoxy groups -OCH3 is 1. The highest BCUT2D eigenvalue weighted by atomic mass is 32.2. The number of anilines is 1. The number of amides is 2. The van der Waals surface area contributed by atoms with Crippen molar-refractivity contribution in [1.82, 2.24) is 4.90 Å². The average Bonchev–Trinajstić information content (AvgIpc) is 3.05. The first-order valence-corrected chi connectivity index (χ1v) is 11.3. The number of carbonyl (C=O) groups excluding carboxylic acids is 2. The zero-order chi connectivity index (χ0) is 24.7. The van der Waals surface area contributed by atoms with Crippen molar-refractivity contribution in [3.05, 3.63) is 64.6 Å². The van der Waals surface area contributed by atoms with Gasteiger partial charge in [-0.05, 0) is 48.4 Å². The van der Waals surface area contributed by atoms with Gasteiger partial charge in [0, 0.05) is 25.9 Å². The van der Waals surface area contributed by atoms with Gasteiger partial charge in [0.15, 0.2) is 6.61 Å². The van der Waals surface area contributed by atoms with E-state index < -0.39 is 24.3 Å². The van der Waals surface area contributed by atoms with Gasteiger partial charge in [-0.15, -0.1) is 0 Å². The summed E-state index contributed by atoms with van der Waals surface area (Å²) < 4.78 is 49.4. The first kappa shape index (κ1) is 25.7. The van der Waals surface area contributed by atoms with E-state index in [1.165, 1.54) is 28.8 Å². The molecule has 11 heteroatoms. The number of ether oxygens (including phenoxy) is 2. The Balaban J connectivity index is 1.59. The maximum absolute atomic E-state index is 12.8. The smallest absolute Gasteiger partial charge is 0.416 e. The molecule has 0 radical (unpaired) electrons. The van der Waals surface area contributed by atoms with E-state index in [4.69, 9.17) is 21.7 Å². The summed E-state index contributed by atoms with van der Waals surface area (Å²) >= 11 is 6.50. The zero-order valence-corrected chi connectivity index (χ0v) is 19.7. The van der Waals surface area contributed by atoms with Crippen molar-refractivity contribution in [2.45, 2.75) is 12.6 Å². The van der Waals surface area contributed by atoms with E-state index >= 15 is 0 Å². The molecule has 1 aliphatic heterocycles. The number of rotatable bonds is 9. The minimum Gasteiger partial charge on any atom is -0.484 e. The van der Waals surface area contributed by atoms with Crippen molar-refractivity contribution >= 4 is 51.9 Å². The van der Waals surface area contributed by atoms with Crippen molar-refractivity contribution in [1.29, 1.82) is 0 Å². The molecule has 0 aromatic heterocycles. The summed E-state index contributed by atoms with van der Waals surface area (Å²) in [6.45, 7) is 0.595. The molecule has 1 heterocycles. The molecule has 3 rings (SSSR count). The number of thiocarbonyl (C=S) groups is 1. The third-order valence-electron chi connectivity index (χ3n) is 4.60. The second kappa shape index (κ2) is 11.5. The van der Waals surface area contributed by atoms with Gasteiger partial charge in [-0.1, -0.05) is 42.2 Å². The van der Waals surface area contributed by atoms with Crippen molar-refractivity contribution in [3.63, 3.8) is 0 Å². The van der Waals surface area contributed by atoms with Crippen LogP contribution in [-0.2, 0) is 20.5 Å². The Kier molecular flexibility index (Phi) is 8.70. The largest absolute Gasteiger partial charge is 0.484 e. The number of thioether (sulfide) groups is 1. The molecule has 0 aliphatic carbocycles. The fraction of sp³-hybridized carbons (Fsp3) is 0.261. The SMILES string of the molecule is COCCCN1C(=O)/C(=C/c2cccc(OCC(=O)Nc3cccc(C(F)(F)F)c3)c2)SC1=S. The normalized spacial score (nSPS) is 15.2. The van der Waals surface area contributed by atoms with Gasteiger partial charge in [-0.3, -0.25) is 14.5 Å². The van der Waals surface area contributed by atoms with E-state index in [0.717, 1.165) is 12.1 Å². The van der Waals surface area contributed by atoms with Crippen LogP contribution in [0.5, 0.6) is 5.75 Å². The summed E-state index contributed by atoms with van der Waals surface area (Å²) in [7, 11) is 1.59. The lowest BCUT2D eigenvalue weighted by Crippen LogP contribution is -2.29. The molecule has 0 unspecified atom stereocenters. The van der Waals surface area contributed by atoms with Gasteiger partial charge in [0.05, 0.1) is 10.5 Å². The lowest BCUT2D eigenvalue weighted by atomic mass is 10.2. The fourth-order valence-corrected chi connectivity index (χ4v) is 4.33. The first-order valence-electron chi connectivity index (χ1n) is 10.1. The Morgan fingerprint density at radius 3 is 2.71 bits per heavy atom. The lowest BCUT2D eigenvalue weighted by molar-refractivity contribution is -0.137. The standard InChI is InChI=1S/C23H21F3N2O4S2/c1-31-10-4-9-28-21(30)19(34-22(28)33)12-15-5-2-8-18(11-15)32-14-20(29)27-17-7-3-6-16(13-17)23(24,25)26/h2-3,5-8,11-13H,4,9-10,14H2,1H3,(H,27,29)/b19-12-. The Bertz CT molecular complexity index is 1110. The van der Waals surface area contributed by atoms with Crippen LogP contribution in [0.1, 0.15) is 17.5 Å². The second-order valence-electron chi connectivity index (χ2n) is 7.17. The molecule has 1 aliphatic rings. The van der Waals surface area contributed by atoms with Crippen LogP contribution in [0.25, 0.3) is 6.08 Å². The third kappa shape index (κ3) is 7.05. The van der Waals surface area contributed by atoms with Crippen LogP contribution in [-0.4, -0.2) is 47.9 Å². The number of nitrogens with one attached hydrogen (secondary N) is 1. The van der Waals surface area contributed by atoms with Crippen LogP contribution in [0, 0.1) is 0 Å². The number of halogens is 3. The van der Waals surface area contributed by atoms with Gasteiger partial charge >= 0.3 is 6.18 Å². The summed E-state index contributed by atoms with van der Waals surface area (Å²) in [6.07, 6.45) is -2.15. The predicted molar refractivity (Wildman–Crippen MR) is 128 cm³/mol. The molecule has 1 N–H and O–H groups in total. The monoisotopic (exact) mass is 510 g/mol. The van der Waals surface area contributed by atoms with E-state index in [1.54, 1.807) is 37.5 Å². The molecular weight excluding hydrogens is 489 g/mol. The van der Waals surface area contributed by atoms with Gasteiger partial charge < -0.3 is 14.8 Å². The molecular formula is C23H21F3N2O4S2. The molecule has 0 spiro atoms. The summed E-state index contributed by atoms with van der Waals surface area (Å²) in [5.74, 6) is -0.428. The molecule has 6 nitrogen and oxygen atoms in total. The van der Waals surface area contributed by atoms with Gasteiger partial charge in [0.2, 0.25) is 0 Å². The minimum absolute atomic E-state index is 0.0182. The van der Waals surface area contributed by atoms with Crippen molar-refractivity contribution in [2.24, 2.45) is 0 Å². The number of nitrogens with zero attached hydrogens (tertiary/aromatic N) is 1. The Hall–Kier alpha value is -2.89. The third-order valence-corrected chi connectivity index (χ3v) is 5.98. The van der Waals surface area contributed by atoms with Crippen molar-refractivity contribution in [3.8, 4) is 5.75 Å². The summed E-state index contributed by atoms with van der Waals surface area (Å²) in [5.41, 5.74) is -0.166. The van der Waals surface area contributed by atoms with Crippen LogP contribution in [0.3, 0.4) is 0 Å². The van der Waals surface area contributed by atoms with E-state index in [-0.39, 0.29) is 11.6 Å². The molecule has 1 saturated heterocycles. The van der Waals surface area contributed by atoms with Crippen LogP contribution in [0.2, 0.25) is 0 Å². The fourth-order valence-electron chi connectivity index (χ4n) is 3.02. The molecule has 0 saturated carbocycles. The minimum atomic E-state index is -4.50.